The van der Waals surface area contributed by atoms with Gasteiger partial charge in [0.05, 0.1) is 19.0 Å². The van der Waals surface area contributed by atoms with E-state index in [0.29, 0.717) is 28.3 Å². The molecule has 1 N–H and O–H groups in total. The van der Waals surface area contributed by atoms with Crippen LogP contribution in [0.15, 0.2) is 83.3 Å². The highest BCUT2D eigenvalue weighted by Gasteiger charge is 2.11. The van der Waals surface area contributed by atoms with Crippen LogP contribution in [0.25, 0.3) is 11.3 Å². The third-order valence-corrected chi connectivity index (χ3v) is 5.61. The number of para-hydroxylation sites is 1. The van der Waals surface area contributed by atoms with Crippen molar-refractivity contribution in [1.82, 2.24) is 4.98 Å². The second-order valence-electron chi connectivity index (χ2n) is 6.53. The van der Waals surface area contributed by atoms with E-state index in [1.54, 1.807) is 13.3 Å². The molecule has 0 radical (unpaired) electrons. The Kier molecular flexibility index (Phi) is 6.82. The monoisotopic (exact) mass is 449 g/mol. The van der Waals surface area contributed by atoms with E-state index >= 15 is 0 Å². The van der Waals surface area contributed by atoms with E-state index in [-0.39, 0.29) is 0 Å². The molecule has 3 aromatic carbocycles. The maximum absolute atomic E-state index is 6.25. The summed E-state index contributed by atoms with van der Waals surface area (Å²) in [5.74, 6) is 1.22. The third-order valence-electron chi connectivity index (χ3n) is 4.50. The minimum atomic E-state index is 0.321. The summed E-state index contributed by atoms with van der Waals surface area (Å²) in [6, 6.07) is 23.3. The number of hydrazone groups is 1. The van der Waals surface area contributed by atoms with Gasteiger partial charge in [-0.15, -0.1) is 11.3 Å². The van der Waals surface area contributed by atoms with Crippen LogP contribution >= 0.6 is 22.9 Å². The summed E-state index contributed by atoms with van der Waals surface area (Å²) in [6.07, 6.45) is 1.69. The van der Waals surface area contributed by atoms with Crippen molar-refractivity contribution >= 4 is 34.3 Å². The Labute approximate surface area is 190 Å². The third kappa shape index (κ3) is 5.23. The van der Waals surface area contributed by atoms with Crippen molar-refractivity contribution < 1.29 is 9.47 Å². The van der Waals surface area contributed by atoms with Gasteiger partial charge in [-0.3, -0.25) is 5.43 Å². The molecule has 0 saturated heterocycles. The Morgan fingerprint density at radius 1 is 1.03 bits per heavy atom. The second-order valence-corrected chi connectivity index (χ2v) is 7.80. The Hall–Kier alpha value is -3.35. The Bertz CT molecular complexity index is 1180. The maximum Gasteiger partial charge on any atom is 0.203 e. The van der Waals surface area contributed by atoms with Crippen LogP contribution in [0, 0.1) is 0 Å². The predicted octanol–water partition coefficient (Wildman–Crippen LogP) is 6.50. The molecule has 1 heterocycles. The fraction of sp³-hybridized carbons (Fsp3) is 0.0833. The van der Waals surface area contributed by atoms with Gasteiger partial charge < -0.3 is 9.47 Å². The molecule has 4 aromatic rings. The quantitative estimate of drug-likeness (QED) is 0.246. The maximum atomic E-state index is 6.25. The topological polar surface area (TPSA) is 55.7 Å². The van der Waals surface area contributed by atoms with E-state index in [9.17, 15) is 0 Å². The number of nitrogens with one attached hydrogen (secondary N) is 1. The first kappa shape index (κ1) is 20.9. The summed E-state index contributed by atoms with van der Waals surface area (Å²) < 4.78 is 11.5. The van der Waals surface area contributed by atoms with Crippen LogP contribution in [-0.2, 0) is 6.61 Å². The highest BCUT2D eigenvalue weighted by molar-refractivity contribution is 7.14. The number of nitrogens with zero attached hydrogens (tertiary/aromatic N) is 2. The minimum Gasteiger partial charge on any atom is -0.493 e. The number of ether oxygens (including phenoxy) is 2. The number of rotatable bonds is 8. The standard InChI is InChI=1S/C24H20ClN3O2S/c1-29-22-13-7-11-18(23(22)30-15-19-10-5-6-12-20(19)25)14-26-28-24-27-21(16-31-24)17-8-3-2-4-9-17/h2-14,16H,15H2,1H3,(H,27,28). The molecule has 0 unspecified atom stereocenters. The second kappa shape index (κ2) is 10.1. The van der Waals surface area contributed by atoms with Crippen molar-refractivity contribution in [3.63, 3.8) is 0 Å². The normalized spacial score (nSPS) is 10.9. The summed E-state index contributed by atoms with van der Waals surface area (Å²) >= 11 is 7.74. The van der Waals surface area contributed by atoms with Gasteiger partial charge in [-0.25, -0.2) is 4.98 Å². The van der Waals surface area contributed by atoms with Crippen molar-refractivity contribution in [3.05, 3.63) is 94.3 Å². The van der Waals surface area contributed by atoms with Crippen molar-refractivity contribution in [2.75, 3.05) is 12.5 Å². The van der Waals surface area contributed by atoms with Gasteiger partial charge in [0.25, 0.3) is 0 Å². The van der Waals surface area contributed by atoms with E-state index in [0.717, 1.165) is 22.4 Å². The highest BCUT2D eigenvalue weighted by Crippen LogP contribution is 2.31. The Balaban J connectivity index is 1.48. The average Bonchev–Trinajstić information content (AvgIpc) is 3.28. The van der Waals surface area contributed by atoms with Gasteiger partial charge in [-0.2, -0.15) is 5.10 Å². The molecule has 0 aliphatic heterocycles. The molecular weight excluding hydrogens is 430 g/mol. The van der Waals surface area contributed by atoms with Crippen molar-refractivity contribution in [2.24, 2.45) is 5.10 Å². The summed E-state index contributed by atoms with van der Waals surface area (Å²) in [7, 11) is 1.61. The van der Waals surface area contributed by atoms with Crippen LogP contribution in [0.1, 0.15) is 11.1 Å². The number of benzene rings is 3. The van der Waals surface area contributed by atoms with E-state index < -0.39 is 0 Å². The predicted molar refractivity (Wildman–Crippen MR) is 128 cm³/mol. The molecule has 0 fully saturated rings. The minimum absolute atomic E-state index is 0.321. The van der Waals surface area contributed by atoms with Gasteiger partial charge in [-0.05, 0) is 18.2 Å². The van der Waals surface area contributed by atoms with Gasteiger partial charge in [0.2, 0.25) is 5.13 Å². The molecule has 4 rings (SSSR count). The van der Waals surface area contributed by atoms with Crippen LogP contribution in [0.3, 0.4) is 0 Å². The molecule has 0 aliphatic carbocycles. The molecule has 0 spiro atoms. The Morgan fingerprint density at radius 3 is 2.65 bits per heavy atom. The van der Waals surface area contributed by atoms with Gasteiger partial charge in [0.1, 0.15) is 6.61 Å². The number of aromatic nitrogens is 1. The number of halogens is 1. The van der Waals surface area contributed by atoms with Crippen LogP contribution in [0.2, 0.25) is 5.02 Å². The molecule has 0 aliphatic rings. The molecule has 31 heavy (non-hydrogen) atoms. The largest absolute Gasteiger partial charge is 0.493 e. The molecular formula is C24H20ClN3O2S. The van der Waals surface area contributed by atoms with E-state index in [1.165, 1.54) is 11.3 Å². The van der Waals surface area contributed by atoms with Gasteiger partial charge >= 0.3 is 0 Å². The van der Waals surface area contributed by atoms with Crippen LogP contribution in [-0.4, -0.2) is 18.3 Å². The summed E-state index contributed by atoms with van der Waals surface area (Å²) in [5.41, 5.74) is 6.64. The Morgan fingerprint density at radius 2 is 1.84 bits per heavy atom. The van der Waals surface area contributed by atoms with Crippen molar-refractivity contribution in [3.8, 4) is 22.8 Å². The average molecular weight is 450 g/mol. The number of anilines is 1. The molecule has 0 bridgehead atoms. The fourth-order valence-electron chi connectivity index (χ4n) is 2.94. The highest BCUT2D eigenvalue weighted by atomic mass is 35.5. The first-order valence-corrected chi connectivity index (χ1v) is 10.8. The van der Waals surface area contributed by atoms with E-state index in [2.05, 4.69) is 15.5 Å². The van der Waals surface area contributed by atoms with Gasteiger partial charge in [-0.1, -0.05) is 66.2 Å². The number of thiazole rings is 1. The lowest BCUT2D eigenvalue weighted by molar-refractivity contribution is 0.284. The van der Waals surface area contributed by atoms with Crippen LogP contribution in [0.4, 0.5) is 5.13 Å². The smallest absolute Gasteiger partial charge is 0.203 e. The molecule has 7 heteroatoms. The van der Waals surface area contributed by atoms with E-state index in [4.69, 9.17) is 21.1 Å². The molecule has 5 nitrogen and oxygen atoms in total. The zero-order valence-corrected chi connectivity index (χ0v) is 18.4. The van der Waals surface area contributed by atoms with Crippen LogP contribution < -0.4 is 14.9 Å². The summed E-state index contributed by atoms with van der Waals surface area (Å²) in [4.78, 5) is 4.58. The van der Waals surface area contributed by atoms with E-state index in [1.807, 2.05) is 78.2 Å². The number of methoxy groups -OCH3 is 1. The summed E-state index contributed by atoms with van der Waals surface area (Å²) in [6.45, 7) is 0.321. The lowest BCUT2D eigenvalue weighted by Crippen LogP contribution is -2.02. The van der Waals surface area contributed by atoms with Gasteiger partial charge in [0.15, 0.2) is 11.5 Å². The summed E-state index contributed by atoms with van der Waals surface area (Å²) in [5, 5.41) is 7.70. The molecule has 1 aromatic heterocycles. The lowest BCUT2D eigenvalue weighted by atomic mass is 10.2. The van der Waals surface area contributed by atoms with Gasteiger partial charge in [0, 0.05) is 27.1 Å². The zero-order chi connectivity index (χ0) is 21.5. The molecule has 0 amide bonds. The molecule has 0 atom stereocenters. The molecule has 156 valence electrons. The number of hydrogen-bond donors (Lipinski definition) is 1. The molecule has 0 saturated carbocycles. The number of hydrogen-bond acceptors (Lipinski definition) is 6. The first-order chi connectivity index (χ1) is 15.2. The SMILES string of the molecule is COc1cccc(C=NNc2nc(-c3ccccc3)cs2)c1OCc1ccccc1Cl. The van der Waals surface area contributed by atoms with Crippen molar-refractivity contribution in [1.29, 1.82) is 0 Å². The first-order valence-electron chi connectivity index (χ1n) is 9.58. The zero-order valence-electron chi connectivity index (χ0n) is 16.8. The van der Waals surface area contributed by atoms with Crippen LogP contribution in [0.5, 0.6) is 11.5 Å². The lowest BCUT2D eigenvalue weighted by Gasteiger charge is -2.13. The fourth-order valence-corrected chi connectivity index (χ4v) is 3.80. The van der Waals surface area contributed by atoms with Crippen molar-refractivity contribution in [2.45, 2.75) is 6.61 Å².